The number of imidazole rings is 1. The Morgan fingerprint density at radius 3 is 2.27 bits per heavy atom. The second-order valence-corrected chi connectivity index (χ2v) is 11.4. The highest BCUT2D eigenvalue weighted by Gasteiger charge is 2.29. The number of aryl methyl sites for hydroxylation is 1. The van der Waals surface area contributed by atoms with Crippen LogP contribution >= 0.6 is 0 Å². The van der Waals surface area contributed by atoms with Crippen molar-refractivity contribution in [1.29, 1.82) is 0 Å². The van der Waals surface area contributed by atoms with Crippen molar-refractivity contribution >= 4 is 32.9 Å². The molecular weight excluding hydrogens is 438 g/mol. The SMILES string of the molecule is Cc1ccc(S(=O)(=O)N2CCN(CC(=O)Nc3nc4ccccc4n3C(C)(C)C)CC2)cc1. The Balaban J connectivity index is 1.40. The summed E-state index contributed by atoms with van der Waals surface area (Å²) in [4.78, 5) is 19.7. The summed E-state index contributed by atoms with van der Waals surface area (Å²) in [7, 11) is -3.52. The maximum Gasteiger partial charge on any atom is 0.243 e. The molecule has 0 saturated carbocycles. The number of piperazine rings is 1. The number of carbonyl (C=O) groups excluding carboxylic acids is 1. The molecule has 2 aromatic carbocycles. The van der Waals surface area contributed by atoms with E-state index >= 15 is 0 Å². The standard InChI is InChI=1S/C24H31N5O3S/c1-18-9-11-19(12-10-18)33(31,32)28-15-13-27(14-16-28)17-22(30)26-23-25-20-7-5-6-8-21(20)29(23)24(2,3)4/h5-12H,13-17H2,1-4H3,(H,25,26,30). The molecule has 2 heterocycles. The van der Waals surface area contributed by atoms with Gasteiger partial charge in [0, 0.05) is 31.7 Å². The monoisotopic (exact) mass is 469 g/mol. The molecule has 0 unspecified atom stereocenters. The third kappa shape index (κ3) is 4.95. The molecule has 1 aliphatic heterocycles. The molecule has 3 aromatic rings. The maximum atomic E-state index is 12.9. The number of hydrogen-bond donors (Lipinski definition) is 1. The lowest BCUT2D eigenvalue weighted by atomic mass is 10.1. The minimum atomic E-state index is -3.52. The van der Waals surface area contributed by atoms with Gasteiger partial charge in [-0.05, 0) is 52.0 Å². The number of fused-ring (bicyclic) bond motifs is 1. The second kappa shape index (κ2) is 8.89. The van der Waals surface area contributed by atoms with Crippen molar-refractivity contribution < 1.29 is 13.2 Å². The van der Waals surface area contributed by atoms with Gasteiger partial charge >= 0.3 is 0 Å². The Morgan fingerprint density at radius 2 is 1.64 bits per heavy atom. The second-order valence-electron chi connectivity index (χ2n) is 9.47. The molecule has 0 aliphatic carbocycles. The van der Waals surface area contributed by atoms with Crippen LogP contribution in [0, 0.1) is 6.92 Å². The van der Waals surface area contributed by atoms with E-state index in [1.54, 1.807) is 24.3 Å². The molecule has 176 valence electrons. The number of aromatic nitrogens is 2. The summed E-state index contributed by atoms with van der Waals surface area (Å²) in [6.07, 6.45) is 0. The zero-order valence-corrected chi connectivity index (χ0v) is 20.4. The maximum absolute atomic E-state index is 12.9. The number of nitrogens with one attached hydrogen (secondary N) is 1. The van der Waals surface area contributed by atoms with Crippen LogP contribution in [0.4, 0.5) is 5.95 Å². The molecule has 8 nitrogen and oxygen atoms in total. The summed E-state index contributed by atoms with van der Waals surface area (Å²) in [5.41, 5.74) is 2.56. The van der Waals surface area contributed by atoms with Gasteiger partial charge in [0.15, 0.2) is 0 Å². The van der Waals surface area contributed by atoms with E-state index in [1.807, 2.05) is 40.7 Å². The van der Waals surface area contributed by atoms with Gasteiger partial charge in [-0.1, -0.05) is 29.8 Å². The number of sulfonamides is 1. The van der Waals surface area contributed by atoms with Gasteiger partial charge in [0.1, 0.15) is 0 Å². The van der Waals surface area contributed by atoms with E-state index in [2.05, 4.69) is 31.1 Å². The number of para-hydroxylation sites is 2. The number of amides is 1. The summed E-state index contributed by atoms with van der Waals surface area (Å²) >= 11 is 0. The average Bonchev–Trinajstić information content (AvgIpc) is 3.12. The van der Waals surface area contributed by atoms with Crippen molar-refractivity contribution in [2.75, 3.05) is 38.0 Å². The summed E-state index contributed by atoms with van der Waals surface area (Å²) in [6, 6.07) is 14.7. The fourth-order valence-corrected chi connectivity index (χ4v) is 5.57. The van der Waals surface area contributed by atoms with E-state index in [1.165, 1.54) is 4.31 Å². The number of anilines is 1. The molecule has 0 radical (unpaired) electrons. The minimum Gasteiger partial charge on any atom is -0.305 e. The van der Waals surface area contributed by atoms with Gasteiger partial charge in [-0.15, -0.1) is 0 Å². The van der Waals surface area contributed by atoms with Crippen LogP contribution in [0.2, 0.25) is 0 Å². The Bertz CT molecular complexity index is 1250. The third-order valence-electron chi connectivity index (χ3n) is 5.84. The van der Waals surface area contributed by atoms with Crippen LogP contribution in [0.25, 0.3) is 11.0 Å². The Hall–Kier alpha value is -2.75. The Morgan fingerprint density at radius 1 is 1.00 bits per heavy atom. The van der Waals surface area contributed by atoms with Crippen molar-refractivity contribution in [3.8, 4) is 0 Å². The fourth-order valence-electron chi connectivity index (χ4n) is 4.14. The first-order valence-electron chi connectivity index (χ1n) is 11.1. The molecule has 0 atom stereocenters. The topological polar surface area (TPSA) is 87.5 Å². The predicted molar refractivity (Wildman–Crippen MR) is 130 cm³/mol. The summed E-state index contributed by atoms with van der Waals surface area (Å²) in [5, 5.41) is 2.97. The lowest BCUT2D eigenvalue weighted by Crippen LogP contribution is -2.50. The molecule has 1 aliphatic rings. The van der Waals surface area contributed by atoms with Crippen molar-refractivity contribution in [2.24, 2.45) is 0 Å². The van der Waals surface area contributed by atoms with Crippen molar-refractivity contribution in [1.82, 2.24) is 18.8 Å². The number of carbonyl (C=O) groups is 1. The molecular formula is C24H31N5O3S. The summed E-state index contributed by atoms with van der Waals surface area (Å²) < 4.78 is 29.3. The van der Waals surface area contributed by atoms with Crippen molar-refractivity contribution in [3.63, 3.8) is 0 Å². The lowest BCUT2D eigenvalue weighted by Gasteiger charge is -2.33. The van der Waals surface area contributed by atoms with E-state index < -0.39 is 10.0 Å². The molecule has 0 bridgehead atoms. The third-order valence-corrected chi connectivity index (χ3v) is 7.75. The van der Waals surface area contributed by atoms with Crippen LogP contribution in [0.5, 0.6) is 0 Å². The normalized spacial score (nSPS) is 16.2. The van der Waals surface area contributed by atoms with E-state index in [-0.39, 0.29) is 18.0 Å². The van der Waals surface area contributed by atoms with E-state index in [4.69, 9.17) is 0 Å². The van der Waals surface area contributed by atoms with Crippen LogP contribution in [0.3, 0.4) is 0 Å². The van der Waals surface area contributed by atoms with Gasteiger partial charge in [-0.3, -0.25) is 15.0 Å². The molecule has 1 saturated heterocycles. The molecule has 1 aromatic heterocycles. The van der Waals surface area contributed by atoms with Gasteiger partial charge in [-0.2, -0.15) is 4.31 Å². The quantitative estimate of drug-likeness (QED) is 0.621. The molecule has 9 heteroatoms. The lowest BCUT2D eigenvalue weighted by molar-refractivity contribution is -0.117. The number of rotatable bonds is 5. The largest absolute Gasteiger partial charge is 0.305 e. The first-order chi connectivity index (χ1) is 15.6. The summed E-state index contributed by atoms with van der Waals surface area (Å²) in [6.45, 7) is 10.0. The highest BCUT2D eigenvalue weighted by molar-refractivity contribution is 7.89. The van der Waals surface area contributed by atoms with Crippen LogP contribution in [-0.4, -0.2) is 65.8 Å². The Labute approximate surface area is 195 Å². The zero-order valence-electron chi connectivity index (χ0n) is 19.6. The van der Waals surface area contributed by atoms with Crippen LogP contribution < -0.4 is 5.32 Å². The molecule has 33 heavy (non-hydrogen) atoms. The zero-order chi connectivity index (χ0) is 23.8. The predicted octanol–water partition coefficient (Wildman–Crippen LogP) is 3.04. The average molecular weight is 470 g/mol. The first-order valence-corrected chi connectivity index (χ1v) is 12.6. The molecule has 4 rings (SSSR count). The van der Waals surface area contributed by atoms with Crippen LogP contribution in [0.1, 0.15) is 26.3 Å². The smallest absolute Gasteiger partial charge is 0.243 e. The van der Waals surface area contributed by atoms with E-state index in [9.17, 15) is 13.2 Å². The fraction of sp³-hybridized carbons (Fsp3) is 0.417. The van der Waals surface area contributed by atoms with E-state index in [0.717, 1.165) is 16.6 Å². The molecule has 0 spiro atoms. The van der Waals surface area contributed by atoms with Gasteiger partial charge in [0.25, 0.3) is 0 Å². The highest BCUT2D eigenvalue weighted by atomic mass is 32.2. The van der Waals surface area contributed by atoms with Crippen molar-refractivity contribution in [3.05, 3.63) is 54.1 Å². The highest BCUT2D eigenvalue weighted by Crippen LogP contribution is 2.28. The molecule has 1 amide bonds. The molecule has 1 fully saturated rings. The number of hydrogen-bond acceptors (Lipinski definition) is 5. The van der Waals surface area contributed by atoms with Gasteiger partial charge in [-0.25, -0.2) is 13.4 Å². The first kappa shape index (κ1) is 23.4. The van der Waals surface area contributed by atoms with Crippen molar-refractivity contribution in [2.45, 2.75) is 38.1 Å². The van der Waals surface area contributed by atoms with Gasteiger partial charge in [0.05, 0.1) is 22.5 Å². The minimum absolute atomic E-state index is 0.161. The number of benzene rings is 2. The number of nitrogens with zero attached hydrogens (tertiary/aromatic N) is 4. The summed E-state index contributed by atoms with van der Waals surface area (Å²) in [5.74, 6) is 0.361. The van der Waals surface area contributed by atoms with E-state index in [0.29, 0.717) is 37.0 Å². The van der Waals surface area contributed by atoms with Crippen LogP contribution in [-0.2, 0) is 20.4 Å². The van der Waals surface area contributed by atoms with Gasteiger partial charge < -0.3 is 4.57 Å². The van der Waals surface area contributed by atoms with Gasteiger partial charge in [0.2, 0.25) is 21.9 Å². The molecule has 1 N–H and O–H groups in total. The van der Waals surface area contributed by atoms with Crippen LogP contribution in [0.15, 0.2) is 53.4 Å². The Kier molecular flexibility index (Phi) is 6.30.